The van der Waals surface area contributed by atoms with Crippen LogP contribution in [0.1, 0.15) is 17.7 Å². The normalized spacial score (nSPS) is 19.5. The summed E-state index contributed by atoms with van der Waals surface area (Å²) in [4.78, 5) is 15.5. The van der Waals surface area contributed by atoms with E-state index in [0.29, 0.717) is 19.8 Å². The first-order valence-corrected chi connectivity index (χ1v) is 9.82. The maximum atomic E-state index is 12.5. The molecule has 1 aromatic heterocycles. The Morgan fingerprint density at radius 1 is 1.23 bits per heavy atom. The number of fused-ring (bicyclic) bond motifs is 1. The predicted molar refractivity (Wildman–Crippen MR) is 104 cm³/mol. The molecule has 5 nitrogen and oxygen atoms in total. The molecule has 0 saturated carbocycles. The largest absolute Gasteiger partial charge is 0.486 e. The summed E-state index contributed by atoms with van der Waals surface area (Å²) in [6.45, 7) is 2.70. The van der Waals surface area contributed by atoms with Gasteiger partial charge in [0.1, 0.15) is 13.2 Å². The van der Waals surface area contributed by atoms with Crippen molar-refractivity contribution in [3.8, 4) is 11.5 Å². The molecular formula is C20H22N2O3S. The van der Waals surface area contributed by atoms with Crippen LogP contribution < -0.4 is 14.8 Å². The Hall–Kier alpha value is -2.47. The average molecular weight is 370 g/mol. The molecule has 1 saturated heterocycles. The van der Waals surface area contributed by atoms with E-state index < -0.39 is 0 Å². The van der Waals surface area contributed by atoms with Crippen LogP contribution in [0.5, 0.6) is 11.5 Å². The van der Waals surface area contributed by atoms with Gasteiger partial charge in [0.2, 0.25) is 5.91 Å². The summed E-state index contributed by atoms with van der Waals surface area (Å²) in [5, 5.41) is 5.55. The van der Waals surface area contributed by atoms with Gasteiger partial charge in [-0.2, -0.15) is 0 Å². The molecule has 0 bridgehead atoms. The number of anilines is 1. The number of likely N-dealkylation sites (tertiary alicyclic amines) is 1. The summed E-state index contributed by atoms with van der Waals surface area (Å²) in [6.07, 6.45) is 5.62. The van der Waals surface area contributed by atoms with E-state index in [9.17, 15) is 4.79 Å². The highest BCUT2D eigenvalue weighted by Crippen LogP contribution is 2.33. The summed E-state index contributed by atoms with van der Waals surface area (Å²) >= 11 is 1.63. The van der Waals surface area contributed by atoms with Gasteiger partial charge < -0.3 is 19.7 Å². The number of amides is 1. The Kier molecular flexibility index (Phi) is 5.11. The van der Waals surface area contributed by atoms with Crippen molar-refractivity contribution in [3.05, 3.63) is 46.7 Å². The van der Waals surface area contributed by atoms with E-state index in [1.807, 2.05) is 46.7 Å². The number of rotatable bonds is 4. The van der Waals surface area contributed by atoms with Gasteiger partial charge in [0.15, 0.2) is 11.5 Å². The number of carbonyl (C=O) groups is 1. The molecule has 136 valence electrons. The standard InChI is InChI=1S/C20H22N2O3S/c23-20(8-6-17-4-2-12-26-17)22-9-1-3-16(14-22)21-15-5-7-18-19(13-15)25-11-10-24-18/h2,4-8,12-13,16,21H,1,3,9-11,14H2/b8-6+/t16-/m0/s1. The fourth-order valence-corrected chi connectivity index (χ4v) is 3.93. The zero-order valence-electron chi connectivity index (χ0n) is 14.5. The van der Waals surface area contributed by atoms with Gasteiger partial charge in [0.25, 0.3) is 0 Å². The van der Waals surface area contributed by atoms with Gasteiger partial charge >= 0.3 is 0 Å². The zero-order chi connectivity index (χ0) is 17.8. The fourth-order valence-electron chi connectivity index (χ4n) is 3.31. The van der Waals surface area contributed by atoms with E-state index in [1.165, 1.54) is 0 Å². The van der Waals surface area contributed by atoms with E-state index in [0.717, 1.165) is 41.4 Å². The highest BCUT2D eigenvalue weighted by molar-refractivity contribution is 7.10. The second-order valence-corrected chi connectivity index (χ2v) is 7.45. The minimum atomic E-state index is 0.0760. The van der Waals surface area contributed by atoms with E-state index in [-0.39, 0.29) is 11.9 Å². The third-order valence-corrected chi connectivity index (χ3v) is 5.42. The molecule has 0 unspecified atom stereocenters. The number of hydrogen-bond acceptors (Lipinski definition) is 5. The SMILES string of the molecule is O=C(/C=C/c1cccs1)N1CCC[C@H](Nc2ccc3c(c2)OCCO3)C1. The van der Waals surface area contributed by atoms with E-state index in [2.05, 4.69) is 5.32 Å². The molecule has 3 heterocycles. The summed E-state index contributed by atoms with van der Waals surface area (Å²) < 4.78 is 11.2. The topological polar surface area (TPSA) is 50.8 Å². The molecule has 0 aliphatic carbocycles. The van der Waals surface area contributed by atoms with E-state index in [4.69, 9.17) is 9.47 Å². The Labute approximate surface area is 157 Å². The van der Waals surface area contributed by atoms with Crippen LogP contribution >= 0.6 is 11.3 Å². The molecule has 6 heteroatoms. The van der Waals surface area contributed by atoms with Crippen molar-refractivity contribution in [1.82, 2.24) is 4.90 Å². The molecule has 1 amide bonds. The van der Waals surface area contributed by atoms with Crippen molar-refractivity contribution in [3.63, 3.8) is 0 Å². The molecule has 1 aromatic carbocycles. The molecule has 1 fully saturated rings. The fraction of sp³-hybridized carbons (Fsp3) is 0.350. The van der Waals surface area contributed by atoms with Gasteiger partial charge in [0.05, 0.1) is 0 Å². The number of piperidine rings is 1. The monoisotopic (exact) mass is 370 g/mol. The van der Waals surface area contributed by atoms with Gasteiger partial charge in [-0.15, -0.1) is 11.3 Å². The van der Waals surface area contributed by atoms with Crippen molar-refractivity contribution in [1.29, 1.82) is 0 Å². The van der Waals surface area contributed by atoms with Crippen LogP contribution in [0, 0.1) is 0 Å². The van der Waals surface area contributed by atoms with E-state index >= 15 is 0 Å². The first kappa shape index (κ1) is 17.0. The Morgan fingerprint density at radius 2 is 2.12 bits per heavy atom. The van der Waals surface area contributed by atoms with Crippen LogP contribution in [0.4, 0.5) is 5.69 Å². The molecule has 2 aliphatic rings. The third-order valence-electron chi connectivity index (χ3n) is 4.58. The van der Waals surface area contributed by atoms with Crippen LogP contribution in [0.15, 0.2) is 41.8 Å². The molecule has 0 radical (unpaired) electrons. The Bertz CT molecular complexity index is 788. The molecule has 0 spiro atoms. The lowest BCUT2D eigenvalue weighted by molar-refractivity contribution is -0.126. The summed E-state index contributed by atoms with van der Waals surface area (Å²) in [5.41, 5.74) is 1.00. The van der Waals surface area contributed by atoms with Crippen LogP contribution in [0.3, 0.4) is 0 Å². The number of benzene rings is 1. The quantitative estimate of drug-likeness (QED) is 0.835. The lowest BCUT2D eigenvalue weighted by Gasteiger charge is -2.33. The zero-order valence-corrected chi connectivity index (χ0v) is 15.3. The van der Waals surface area contributed by atoms with Gasteiger partial charge in [-0.25, -0.2) is 0 Å². The first-order chi connectivity index (χ1) is 12.8. The van der Waals surface area contributed by atoms with Gasteiger partial charge in [-0.1, -0.05) is 6.07 Å². The molecule has 4 rings (SSSR count). The van der Waals surface area contributed by atoms with Crippen LogP contribution in [-0.4, -0.2) is 43.2 Å². The van der Waals surface area contributed by atoms with Crippen molar-refractivity contribution < 1.29 is 14.3 Å². The van der Waals surface area contributed by atoms with E-state index in [1.54, 1.807) is 17.4 Å². The Morgan fingerprint density at radius 3 is 2.96 bits per heavy atom. The lowest BCUT2D eigenvalue weighted by Crippen LogP contribution is -2.44. The average Bonchev–Trinajstić information content (AvgIpc) is 3.20. The van der Waals surface area contributed by atoms with Crippen LogP contribution in [0.25, 0.3) is 6.08 Å². The van der Waals surface area contributed by atoms with Gasteiger partial charge in [-0.3, -0.25) is 4.79 Å². The van der Waals surface area contributed by atoms with Crippen molar-refractivity contribution in [2.75, 3.05) is 31.6 Å². The summed E-state index contributed by atoms with van der Waals surface area (Å²) in [7, 11) is 0. The minimum Gasteiger partial charge on any atom is -0.486 e. The second kappa shape index (κ2) is 7.83. The number of hydrogen-bond donors (Lipinski definition) is 1. The highest BCUT2D eigenvalue weighted by Gasteiger charge is 2.23. The van der Waals surface area contributed by atoms with Crippen LogP contribution in [0.2, 0.25) is 0 Å². The summed E-state index contributed by atoms with van der Waals surface area (Å²) in [5.74, 6) is 1.65. The minimum absolute atomic E-state index is 0.0760. The molecule has 1 N–H and O–H groups in total. The highest BCUT2D eigenvalue weighted by atomic mass is 32.1. The maximum Gasteiger partial charge on any atom is 0.246 e. The maximum absolute atomic E-state index is 12.5. The summed E-state index contributed by atoms with van der Waals surface area (Å²) in [6, 6.07) is 10.2. The number of ether oxygens (including phenoxy) is 2. The van der Waals surface area contributed by atoms with Gasteiger partial charge in [-0.05, 0) is 42.5 Å². The molecule has 1 atom stereocenters. The Balaban J connectivity index is 1.37. The molecule has 2 aromatic rings. The lowest BCUT2D eigenvalue weighted by atomic mass is 10.0. The third kappa shape index (κ3) is 4.02. The van der Waals surface area contributed by atoms with Crippen LogP contribution in [-0.2, 0) is 4.79 Å². The molecular weight excluding hydrogens is 348 g/mol. The molecule has 26 heavy (non-hydrogen) atoms. The number of carbonyl (C=O) groups excluding carboxylic acids is 1. The van der Waals surface area contributed by atoms with Crippen molar-refractivity contribution in [2.24, 2.45) is 0 Å². The second-order valence-electron chi connectivity index (χ2n) is 6.47. The van der Waals surface area contributed by atoms with Gasteiger partial charge in [0, 0.05) is 41.8 Å². The smallest absolute Gasteiger partial charge is 0.246 e. The van der Waals surface area contributed by atoms with Crippen molar-refractivity contribution >= 4 is 29.0 Å². The molecule has 2 aliphatic heterocycles. The first-order valence-electron chi connectivity index (χ1n) is 8.94. The predicted octanol–water partition coefficient (Wildman–Crippen LogP) is 3.64. The number of nitrogens with zero attached hydrogens (tertiary/aromatic N) is 1. The van der Waals surface area contributed by atoms with Crippen molar-refractivity contribution in [2.45, 2.75) is 18.9 Å². The number of nitrogens with one attached hydrogen (secondary N) is 1. The number of thiophene rings is 1.